The fraction of sp³-hybridized carbons (Fsp3) is 0.214. The zero-order valence-corrected chi connectivity index (χ0v) is 14.2. The minimum absolute atomic E-state index is 0.0144. The highest BCUT2D eigenvalue weighted by atomic mass is 79.9. The number of hydrogen-bond acceptors (Lipinski definition) is 5. The number of aromatic nitrogens is 2. The molecular formula is C14H16BrN5O3. The predicted molar refractivity (Wildman–Crippen MR) is 92.6 cm³/mol. The van der Waals surface area contributed by atoms with Crippen LogP contribution in [0.3, 0.4) is 0 Å². The number of carbonyl (C=O) groups is 1. The van der Waals surface area contributed by atoms with E-state index in [4.69, 9.17) is 5.73 Å². The molecule has 4 N–H and O–H groups in total. The fourth-order valence-corrected chi connectivity index (χ4v) is 2.20. The summed E-state index contributed by atoms with van der Waals surface area (Å²) in [4.78, 5) is 35.7. The van der Waals surface area contributed by atoms with Crippen molar-refractivity contribution in [1.29, 1.82) is 0 Å². The molecule has 0 saturated heterocycles. The van der Waals surface area contributed by atoms with E-state index in [1.165, 1.54) is 14.1 Å². The second-order valence-electron chi connectivity index (χ2n) is 4.87. The normalized spacial score (nSPS) is 10.4. The van der Waals surface area contributed by atoms with Crippen molar-refractivity contribution in [3.8, 4) is 0 Å². The van der Waals surface area contributed by atoms with E-state index in [9.17, 15) is 14.4 Å². The molecule has 2 rings (SSSR count). The molecule has 122 valence electrons. The Hall–Kier alpha value is -2.55. The number of hydrogen-bond donors (Lipinski definition) is 3. The lowest BCUT2D eigenvalue weighted by Crippen LogP contribution is -2.40. The van der Waals surface area contributed by atoms with E-state index in [1.807, 2.05) is 0 Å². The quantitative estimate of drug-likeness (QED) is 0.712. The van der Waals surface area contributed by atoms with Crippen molar-refractivity contribution in [2.75, 3.05) is 22.9 Å². The molecule has 0 saturated carbocycles. The minimum atomic E-state index is -0.581. The Bertz CT molecular complexity index is 854. The molecule has 1 amide bonds. The van der Waals surface area contributed by atoms with Crippen LogP contribution < -0.4 is 27.6 Å². The van der Waals surface area contributed by atoms with Gasteiger partial charge in [-0.25, -0.2) is 4.79 Å². The number of halogens is 1. The smallest absolute Gasteiger partial charge is 0.332 e. The first-order valence-corrected chi connectivity index (χ1v) is 7.45. The van der Waals surface area contributed by atoms with Gasteiger partial charge >= 0.3 is 5.69 Å². The summed E-state index contributed by atoms with van der Waals surface area (Å²) >= 11 is 3.30. The maximum absolute atomic E-state index is 12.0. The summed E-state index contributed by atoms with van der Waals surface area (Å²) in [5, 5.41) is 5.36. The molecular weight excluding hydrogens is 366 g/mol. The number of nitrogens with one attached hydrogen (secondary N) is 2. The van der Waals surface area contributed by atoms with Gasteiger partial charge in [-0.1, -0.05) is 15.9 Å². The highest BCUT2D eigenvalue weighted by molar-refractivity contribution is 9.10. The molecule has 0 atom stereocenters. The summed E-state index contributed by atoms with van der Waals surface area (Å²) in [6.45, 7) is -0.159. The summed E-state index contributed by atoms with van der Waals surface area (Å²) in [6, 6.07) is 7.07. The molecule has 1 aromatic heterocycles. The van der Waals surface area contributed by atoms with Crippen LogP contribution in [0, 0.1) is 0 Å². The van der Waals surface area contributed by atoms with Crippen molar-refractivity contribution in [1.82, 2.24) is 9.13 Å². The van der Waals surface area contributed by atoms with E-state index < -0.39 is 11.2 Å². The van der Waals surface area contributed by atoms with Crippen LogP contribution in [0.25, 0.3) is 0 Å². The van der Waals surface area contributed by atoms with Crippen LogP contribution >= 0.6 is 15.9 Å². The van der Waals surface area contributed by atoms with Crippen LogP contribution in [0.5, 0.6) is 0 Å². The Balaban J connectivity index is 2.12. The first kappa shape index (κ1) is 16.8. The maximum atomic E-state index is 12.0. The number of nitrogen functional groups attached to an aromatic ring is 1. The number of nitrogens with two attached hydrogens (primary N) is 1. The van der Waals surface area contributed by atoms with Gasteiger partial charge in [-0.3, -0.25) is 18.7 Å². The topological polar surface area (TPSA) is 111 Å². The van der Waals surface area contributed by atoms with Crippen LogP contribution in [-0.4, -0.2) is 21.6 Å². The van der Waals surface area contributed by atoms with Crippen molar-refractivity contribution in [2.45, 2.75) is 0 Å². The highest BCUT2D eigenvalue weighted by Gasteiger charge is 2.13. The van der Waals surface area contributed by atoms with Crippen LogP contribution in [0.2, 0.25) is 0 Å². The van der Waals surface area contributed by atoms with Crippen molar-refractivity contribution in [2.24, 2.45) is 14.1 Å². The van der Waals surface area contributed by atoms with Gasteiger partial charge in [0.05, 0.1) is 6.54 Å². The molecule has 0 aliphatic heterocycles. The molecule has 8 nitrogen and oxygen atoms in total. The number of rotatable bonds is 4. The SMILES string of the molecule is Cn1c(N)c(NCC(=O)Nc2ccc(Br)cc2)c(=O)n(C)c1=O. The number of anilines is 3. The summed E-state index contributed by atoms with van der Waals surface area (Å²) in [5.41, 5.74) is 5.29. The van der Waals surface area contributed by atoms with Crippen molar-refractivity contribution in [3.05, 3.63) is 49.6 Å². The summed E-state index contributed by atoms with van der Waals surface area (Å²) in [5.74, 6) is -0.364. The molecule has 0 unspecified atom stereocenters. The average molecular weight is 382 g/mol. The molecule has 0 aliphatic carbocycles. The average Bonchev–Trinajstić information content (AvgIpc) is 2.53. The van der Waals surface area contributed by atoms with E-state index in [2.05, 4.69) is 26.6 Å². The fourth-order valence-electron chi connectivity index (χ4n) is 1.93. The summed E-state index contributed by atoms with van der Waals surface area (Å²) in [6.07, 6.45) is 0. The van der Waals surface area contributed by atoms with E-state index in [-0.39, 0.29) is 24.0 Å². The van der Waals surface area contributed by atoms with Gasteiger partial charge in [-0.2, -0.15) is 0 Å². The zero-order chi connectivity index (χ0) is 17.1. The van der Waals surface area contributed by atoms with Crippen LogP contribution in [-0.2, 0) is 18.9 Å². The van der Waals surface area contributed by atoms with Gasteiger partial charge in [0.2, 0.25) is 5.91 Å². The number of benzene rings is 1. The Morgan fingerprint density at radius 3 is 2.39 bits per heavy atom. The van der Waals surface area contributed by atoms with Crippen molar-refractivity contribution >= 4 is 39.0 Å². The van der Waals surface area contributed by atoms with Crippen molar-refractivity contribution in [3.63, 3.8) is 0 Å². The third kappa shape index (κ3) is 3.62. The second kappa shape index (κ2) is 6.69. The first-order chi connectivity index (χ1) is 10.8. The van der Waals surface area contributed by atoms with Crippen LogP contribution in [0.1, 0.15) is 0 Å². The van der Waals surface area contributed by atoms with Gasteiger partial charge < -0.3 is 16.4 Å². The van der Waals surface area contributed by atoms with Crippen molar-refractivity contribution < 1.29 is 4.79 Å². The third-order valence-corrected chi connectivity index (χ3v) is 3.79. The molecule has 0 aliphatic rings. The van der Waals surface area contributed by atoms with E-state index in [0.29, 0.717) is 5.69 Å². The highest BCUT2D eigenvalue weighted by Crippen LogP contribution is 2.14. The molecule has 1 aromatic carbocycles. The second-order valence-corrected chi connectivity index (χ2v) is 5.79. The Labute approximate surface area is 140 Å². The largest absolute Gasteiger partial charge is 0.383 e. The number of carbonyl (C=O) groups excluding carboxylic acids is 1. The van der Waals surface area contributed by atoms with E-state index in [1.54, 1.807) is 24.3 Å². The van der Waals surface area contributed by atoms with Gasteiger partial charge in [0.15, 0.2) is 0 Å². The molecule has 0 fully saturated rings. The lowest BCUT2D eigenvalue weighted by Gasteiger charge is -2.13. The van der Waals surface area contributed by atoms with Gasteiger partial charge in [-0.05, 0) is 24.3 Å². The van der Waals surface area contributed by atoms with Crippen LogP contribution in [0.4, 0.5) is 17.2 Å². The van der Waals surface area contributed by atoms with Gasteiger partial charge in [0.25, 0.3) is 5.56 Å². The zero-order valence-electron chi connectivity index (χ0n) is 12.6. The molecule has 0 radical (unpaired) electrons. The first-order valence-electron chi connectivity index (χ1n) is 6.66. The third-order valence-electron chi connectivity index (χ3n) is 3.26. The molecule has 2 aromatic rings. The van der Waals surface area contributed by atoms with Crippen LogP contribution in [0.15, 0.2) is 38.3 Å². The minimum Gasteiger partial charge on any atom is -0.383 e. The molecule has 1 heterocycles. The standard InChI is InChI=1S/C14H16BrN5O3/c1-19-12(16)11(13(22)20(2)14(19)23)17-7-10(21)18-9-5-3-8(15)4-6-9/h3-6,17H,7,16H2,1-2H3,(H,18,21). The lowest BCUT2D eigenvalue weighted by molar-refractivity contribution is -0.114. The molecule has 23 heavy (non-hydrogen) atoms. The molecule has 9 heteroatoms. The number of amides is 1. The maximum Gasteiger partial charge on any atom is 0.332 e. The summed E-state index contributed by atoms with van der Waals surface area (Å²) < 4.78 is 2.96. The van der Waals surface area contributed by atoms with Gasteiger partial charge in [0, 0.05) is 24.3 Å². The van der Waals surface area contributed by atoms with Gasteiger partial charge in [-0.15, -0.1) is 0 Å². The Morgan fingerprint density at radius 2 is 1.78 bits per heavy atom. The summed E-state index contributed by atoms with van der Waals surface area (Å²) in [7, 11) is 2.79. The molecule has 0 bridgehead atoms. The predicted octanol–water partition coefficient (Wildman–Crippen LogP) is 0.479. The van der Waals surface area contributed by atoms with Gasteiger partial charge in [0.1, 0.15) is 11.5 Å². The Morgan fingerprint density at radius 1 is 1.17 bits per heavy atom. The number of nitrogens with zero attached hydrogens (tertiary/aromatic N) is 2. The lowest BCUT2D eigenvalue weighted by atomic mass is 10.3. The van der Waals surface area contributed by atoms with E-state index >= 15 is 0 Å². The Kier molecular flexibility index (Phi) is 4.89. The van der Waals surface area contributed by atoms with E-state index in [0.717, 1.165) is 13.6 Å². The molecule has 0 spiro atoms. The monoisotopic (exact) mass is 381 g/mol.